The SMILES string of the molecule is CCN(CC)C(=O)C(=O)Nc1cc(Cl)c(Cl)cc1Cl. The molecule has 0 heterocycles. The fraction of sp³-hybridized carbons (Fsp3) is 0.333. The predicted molar refractivity (Wildman–Crippen MR) is 78.0 cm³/mol. The molecule has 104 valence electrons. The van der Waals surface area contributed by atoms with Gasteiger partial charge in [-0.2, -0.15) is 0 Å². The van der Waals surface area contributed by atoms with E-state index in [2.05, 4.69) is 5.32 Å². The van der Waals surface area contributed by atoms with E-state index in [9.17, 15) is 9.59 Å². The van der Waals surface area contributed by atoms with Gasteiger partial charge in [0, 0.05) is 13.1 Å². The van der Waals surface area contributed by atoms with Crippen LogP contribution in [0.3, 0.4) is 0 Å². The molecule has 0 aliphatic rings. The number of nitrogens with one attached hydrogen (secondary N) is 1. The molecule has 0 saturated carbocycles. The molecule has 0 spiro atoms. The minimum absolute atomic E-state index is 0.218. The van der Waals surface area contributed by atoms with Gasteiger partial charge in [-0.25, -0.2) is 0 Å². The first-order valence-electron chi connectivity index (χ1n) is 5.65. The van der Waals surface area contributed by atoms with Gasteiger partial charge < -0.3 is 10.2 Å². The summed E-state index contributed by atoms with van der Waals surface area (Å²) in [6.07, 6.45) is 0. The second kappa shape index (κ2) is 6.98. The topological polar surface area (TPSA) is 49.4 Å². The van der Waals surface area contributed by atoms with Gasteiger partial charge >= 0.3 is 11.8 Å². The predicted octanol–water partition coefficient (Wildman–Crippen LogP) is 3.45. The van der Waals surface area contributed by atoms with E-state index in [1.54, 1.807) is 13.8 Å². The molecular weight excluding hydrogens is 311 g/mol. The molecule has 19 heavy (non-hydrogen) atoms. The van der Waals surface area contributed by atoms with Crippen LogP contribution >= 0.6 is 34.8 Å². The van der Waals surface area contributed by atoms with Crippen LogP contribution in [0.5, 0.6) is 0 Å². The van der Waals surface area contributed by atoms with Gasteiger partial charge in [0.05, 0.1) is 20.8 Å². The van der Waals surface area contributed by atoms with Crippen molar-refractivity contribution in [2.75, 3.05) is 18.4 Å². The van der Waals surface area contributed by atoms with Crippen LogP contribution in [0.2, 0.25) is 15.1 Å². The van der Waals surface area contributed by atoms with Gasteiger partial charge in [-0.1, -0.05) is 34.8 Å². The normalized spacial score (nSPS) is 10.2. The first-order chi connectivity index (χ1) is 8.90. The summed E-state index contributed by atoms with van der Waals surface area (Å²) < 4.78 is 0. The van der Waals surface area contributed by atoms with Crippen LogP contribution in [0.1, 0.15) is 13.8 Å². The van der Waals surface area contributed by atoms with Gasteiger partial charge in [-0.05, 0) is 26.0 Å². The first-order valence-corrected chi connectivity index (χ1v) is 6.78. The number of nitrogens with zero attached hydrogens (tertiary/aromatic N) is 1. The highest BCUT2D eigenvalue weighted by atomic mass is 35.5. The molecular formula is C12H13Cl3N2O2. The molecule has 0 bridgehead atoms. The molecule has 0 saturated heterocycles. The van der Waals surface area contributed by atoms with Gasteiger partial charge in [0.25, 0.3) is 0 Å². The van der Waals surface area contributed by atoms with Gasteiger partial charge in [-0.3, -0.25) is 9.59 Å². The van der Waals surface area contributed by atoms with Crippen molar-refractivity contribution in [3.63, 3.8) is 0 Å². The Kier molecular flexibility index (Phi) is 5.91. The Labute approximate surface area is 126 Å². The molecule has 0 atom stereocenters. The molecule has 1 N–H and O–H groups in total. The third-order valence-electron chi connectivity index (χ3n) is 2.50. The summed E-state index contributed by atoms with van der Waals surface area (Å²) >= 11 is 17.5. The Morgan fingerprint density at radius 1 is 1.05 bits per heavy atom. The lowest BCUT2D eigenvalue weighted by Crippen LogP contribution is -2.39. The number of amides is 2. The Hall–Kier alpha value is -0.970. The number of likely N-dealkylation sites (N-methyl/N-ethyl adjacent to an activating group) is 1. The van der Waals surface area contributed by atoms with Crippen molar-refractivity contribution in [3.05, 3.63) is 27.2 Å². The summed E-state index contributed by atoms with van der Waals surface area (Å²) in [6.45, 7) is 4.50. The summed E-state index contributed by atoms with van der Waals surface area (Å²) in [5, 5.41) is 3.16. The number of carbonyl (C=O) groups is 2. The molecule has 2 amide bonds. The number of rotatable bonds is 3. The Morgan fingerprint density at radius 2 is 1.58 bits per heavy atom. The molecule has 1 aromatic carbocycles. The van der Waals surface area contributed by atoms with E-state index in [0.717, 1.165) is 0 Å². The zero-order chi connectivity index (χ0) is 14.6. The Balaban J connectivity index is 2.88. The average molecular weight is 324 g/mol. The van der Waals surface area contributed by atoms with E-state index in [4.69, 9.17) is 34.8 Å². The number of anilines is 1. The zero-order valence-electron chi connectivity index (χ0n) is 10.5. The standard InChI is InChI=1S/C12H13Cl3N2O2/c1-3-17(4-2)12(19)11(18)16-10-6-8(14)7(13)5-9(10)15/h5-6H,3-4H2,1-2H3,(H,16,18). The maximum Gasteiger partial charge on any atom is 0.313 e. The zero-order valence-corrected chi connectivity index (χ0v) is 12.7. The van der Waals surface area contributed by atoms with Crippen LogP contribution in [-0.2, 0) is 9.59 Å². The third-order valence-corrected chi connectivity index (χ3v) is 3.54. The first kappa shape index (κ1) is 16.1. The molecule has 0 aliphatic heterocycles. The van der Waals surface area contributed by atoms with Crippen molar-refractivity contribution < 1.29 is 9.59 Å². The highest BCUT2D eigenvalue weighted by Gasteiger charge is 2.20. The molecule has 0 aromatic heterocycles. The van der Waals surface area contributed by atoms with Crippen molar-refractivity contribution in [1.82, 2.24) is 4.90 Å². The van der Waals surface area contributed by atoms with E-state index in [1.165, 1.54) is 17.0 Å². The molecule has 0 unspecified atom stereocenters. The van der Waals surface area contributed by atoms with Crippen molar-refractivity contribution in [1.29, 1.82) is 0 Å². The lowest BCUT2D eigenvalue weighted by atomic mass is 10.3. The highest BCUT2D eigenvalue weighted by molar-refractivity contribution is 6.45. The van der Waals surface area contributed by atoms with Crippen LogP contribution in [0, 0.1) is 0 Å². The summed E-state index contributed by atoms with van der Waals surface area (Å²) in [4.78, 5) is 25.0. The van der Waals surface area contributed by atoms with Crippen LogP contribution in [0.4, 0.5) is 5.69 Å². The van der Waals surface area contributed by atoms with E-state index in [-0.39, 0.29) is 20.8 Å². The number of halogens is 3. The van der Waals surface area contributed by atoms with Crippen LogP contribution in [0.15, 0.2) is 12.1 Å². The second-order valence-electron chi connectivity index (χ2n) is 3.68. The smallest absolute Gasteiger partial charge is 0.313 e. The van der Waals surface area contributed by atoms with Crippen LogP contribution in [-0.4, -0.2) is 29.8 Å². The van der Waals surface area contributed by atoms with Crippen molar-refractivity contribution in [2.24, 2.45) is 0 Å². The van der Waals surface area contributed by atoms with E-state index < -0.39 is 11.8 Å². The largest absolute Gasteiger partial charge is 0.335 e. The van der Waals surface area contributed by atoms with Crippen LogP contribution < -0.4 is 5.32 Å². The quantitative estimate of drug-likeness (QED) is 0.684. The molecule has 1 aromatic rings. The molecule has 0 aliphatic carbocycles. The average Bonchev–Trinajstić information content (AvgIpc) is 2.37. The Bertz CT molecular complexity index is 502. The summed E-state index contributed by atoms with van der Waals surface area (Å²) in [7, 11) is 0. The maximum atomic E-state index is 11.8. The van der Waals surface area contributed by atoms with Gasteiger partial charge in [0.1, 0.15) is 0 Å². The van der Waals surface area contributed by atoms with Crippen molar-refractivity contribution in [2.45, 2.75) is 13.8 Å². The minimum Gasteiger partial charge on any atom is -0.335 e. The van der Waals surface area contributed by atoms with Gasteiger partial charge in [0.15, 0.2) is 0 Å². The summed E-state index contributed by atoms with van der Waals surface area (Å²) in [5.74, 6) is -1.38. The lowest BCUT2D eigenvalue weighted by Gasteiger charge is -2.18. The third kappa shape index (κ3) is 4.00. The van der Waals surface area contributed by atoms with Gasteiger partial charge in [0.2, 0.25) is 0 Å². The Morgan fingerprint density at radius 3 is 2.11 bits per heavy atom. The summed E-state index contributed by atoms with van der Waals surface area (Å²) in [6, 6.07) is 2.81. The number of carbonyl (C=O) groups excluding carboxylic acids is 2. The fourth-order valence-corrected chi connectivity index (χ4v) is 2.04. The van der Waals surface area contributed by atoms with Gasteiger partial charge in [-0.15, -0.1) is 0 Å². The van der Waals surface area contributed by atoms with Crippen LogP contribution in [0.25, 0.3) is 0 Å². The number of hydrogen-bond acceptors (Lipinski definition) is 2. The highest BCUT2D eigenvalue weighted by Crippen LogP contribution is 2.32. The molecule has 4 nitrogen and oxygen atoms in total. The molecule has 7 heteroatoms. The van der Waals surface area contributed by atoms with Crippen molar-refractivity contribution >= 4 is 52.3 Å². The lowest BCUT2D eigenvalue weighted by molar-refractivity contribution is -0.142. The fourth-order valence-electron chi connectivity index (χ4n) is 1.45. The number of hydrogen-bond donors (Lipinski definition) is 1. The molecule has 0 fully saturated rings. The molecule has 1 rings (SSSR count). The van der Waals surface area contributed by atoms with Crippen molar-refractivity contribution in [3.8, 4) is 0 Å². The second-order valence-corrected chi connectivity index (χ2v) is 4.90. The van der Waals surface area contributed by atoms with E-state index in [1.807, 2.05) is 0 Å². The molecule has 0 radical (unpaired) electrons. The number of benzene rings is 1. The van der Waals surface area contributed by atoms with E-state index >= 15 is 0 Å². The minimum atomic E-state index is -0.760. The monoisotopic (exact) mass is 322 g/mol. The van der Waals surface area contributed by atoms with E-state index in [0.29, 0.717) is 13.1 Å². The maximum absolute atomic E-state index is 11.8. The summed E-state index contributed by atoms with van der Waals surface area (Å²) in [5.41, 5.74) is 0.251.